The third-order valence-electron chi connectivity index (χ3n) is 2.19. The van der Waals surface area contributed by atoms with E-state index in [4.69, 9.17) is 4.74 Å². The lowest BCUT2D eigenvalue weighted by Gasteiger charge is -2.04. The van der Waals surface area contributed by atoms with Crippen LogP contribution in [0.5, 0.6) is 5.75 Å². The largest absolute Gasteiger partial charge is 0.481 e. The van der Waals surface area contributed by atoms with Gasteiger partial charge in [-0.1, -0.05) is 30.0 Å². The van der Waals surface area contributed by atoms with Crippen molar-refractivity contribution in [3.63, 3.8) is 0 Å². The Kier molecular flexibility index (Phi) is 6.20. The molecule has 0 spiro atoms. The molecule has 1 aromatic carbocycles. The van der Waals surface area contributed by atoms with Crippen molar-refractivity contribution >= 4 is 6.03 Å². The highest BCUT2D eigenvalue weighted by Crippen LogP contribution is 2.15. The molecule has 0 aliphatic rings. The first-order chi connectivity index (χ1) is 8.74. The molecule has 0 radical (unpaired) electrons. The Bertz CT molecular complexity index is 447. The van der Waals surface area contributed by atoms with Crippen LogP contribution in [0.2, 0.25) is 0 Å². The number of aryl methyl sites for hydroxylation is 1. The molecule has 2 N–H and O–H groups in total. The minimum absolute atomic E-state index is 0.202. The van der Waals surface area contributed by atoms with Gasteiger partial charge in [-0.3, -0.25) is 0 Å². The van der Waals surface area contributed by atoms with Crippen LogP contribution in [-0.2, 0) is 0 Å². The lowest BCUT2D eigenvalue weighted by Crippen LogP contribution is -2.35. The number of urea groups is 1. The molecule has 0 saturated carbocycles. The summed E-state index contributed by atoms with van der Waals surface area (Å²) < 4.78 is 5.49. The van der Waals surface area contributed by atoms with Crippen molar-refractivity contribution < 1.29 is 9.53 Å². The van der Waals surface area contributed by atoms with Gasteiger partial charge in [0, 0.05) is 6.54 Å². The molecule has 0 bridgehead atoms. The number of ether oxygens (including phenoxy) is 1. The lowest BCUT2D eigenvalue weighted by molar-refractivity contribution is 0.242. The maximum atomic E-state index is 11.0. The minimum Gasteiger partial charge on any atom is -0.481 e. The highest BCUT2D eigenvalue weighted by Gasteiger charge is 1.95. The standard InChI is InChI=1S/C14H18N2O2/c1-3-15-14(17)16-10-6-7-11-18-13-9-5-4-8-12(13)2/h4-5,8-9H,3,10-11H2,1-2H3,(H2,15,16,17). The first-order valence-corrected chi connectivity index (χ1v) is 5.90. The van der Waals surface area contributed by atoms with Crippen molar-refractivity contribution in [2.75, 3.05) is 19.7 Å². The zero-order valence-corrected chi connectivity index (χ0v) is 10.7. The van der Waals surface area contributed by atoms with E-state index in [1.807, 2.05) is 38.1 Å². The SMILES string of the molecule is CCNC(=O)NCC#CCOc1ccccc1C. The quantitative estimate of drug-likeness (QED) is 0.794. The molecule has 18 heavy (non-hydrogen) atoms. The molecule has 0 aliphatic heterocycles. The summed E-state index contributed by atoms with van der Waals surface area (Å²) in [5, 5.41) is 5.24. The molecule has 0 unspecified atom stereocenters. The molecule has 1 rings (SSSR count). The fraction of sp³-hybridized carbons (Fsp3) is 0.357. The van der Waals surface area contributed by atoms with Gasteiger partial charge in [0.25, 0.3) is 0 Å². The van der Waals surface area contributed by atoms with Gasteiger partial charge < -0.3 is 15.4 Å². The molecule has 2 amide bonds. The Morgan fingerprint density at radius 3 is 2.78 bits per heavy atom. The first-order valence-electron chi connectivity index (χ1n) is 5.90. The van der Waals surface area contributed by atoms with Crippen molar-refractivity contribution in [2.24, 2.45) is 0 Å². The van der Waals surface area contributed by atoms with Crippen LogP contribution in [0.4, 0.5) is 4.79 Å². The first kappa shape index (κ1) is 13.9. The Morgan fingerprint density at radius 1 is 1.28 bits per heavy atom. The number of amides is 2. The number of hydrogen-bond donors (Lipinski definition) is 2. The maximum Gasteiger partial charge on any atom is 0.315 e. The monoisotopic (exact) mass is 246 g/mol. The van der Waals surface area contributed by atoms with Gasteiger partial charge in [-0.25, -0.2) is 4.79 Å². The van der Waals surface area contributed by atoms with Gasteiger partial charge >= 0.3 is 6.03 Å². The second-order valence-electron chi connectivity index (χ2n) is 3.62. The van der Waals surface area contributed by atoms with Crippen LogP contribution in [0.3, 0.4) is 0 Å². The van der Waals surface area contributed by atoms with Gasteiger partial charge in [-0.15, -0.1) is 0 Å². The summed E-state index contributed by atoms with van der Waals surface area (Å²) in [5.74, 6) is 6.50. The van der Waals surface area contributed by atoms with Gasteiger partial charge in [0.15, 0.2) is 0 Å². The van der Waals surface area contributed by atoms with Crippen LogP contribution in [0.1, 0.15) is 12.5 Å². The van der Waals surface area contributed by atoms with Crippen molar-refractivity contribution in [1.82, 2.24) is 10.6 Å². The fourth-order valence-corrected chi connectivity index (χ4v) is 1.29. The minimum atomic E-state index is -0.202. The molecule has 0 heterocycles. The van der Waals surface area contributed by atoms with Gasteiger partial charge in [0.1, 0.15) is 12.4 Å². The predicted molar refractivity (Wildman–Crippen MR) is 71.5 cm³/mol. The molecular weight excluding hydrogens is 228 g/mol. The maximum absolute atomic E-state index is 11.0. The topological polar surface area (TPSA) is 50.4 Å². The molecule has 0 aromatic heterocycles. The van der Waals surface area contributed by atoms with Gasteiger partial charge in [-0.05, 0) is 25.5 Å². The lowest BCUT2D eigenvalue weighted by atomic mass is 10.2. The molecule has 0 saturated heterocycles. The van der Waals surface area contributed by atoms with E-state index in [9.17, 15) is 4.79 Å². The Morgan fingerprint density at radius 2 is 2.06 bits per heavy atom. The molecule has 0 aliphatic carbocycles. The molecule has 1 aromatic rings. The van der Waals surface area contributed by atoms with E-state index in [-0.39, 0.29) is 6.03 Å². The second kappa shape index (κ2) is 8.02. The highest BCUT2D eigenvalue weighted by atomic mass is 16.5. The van der Waals surface area contributed by atoms with Crippen LogP contribution < -0.4 is 15.4 Å². The number of rotatable bonds is 4. The van der Waals surface area contributed by atoms with Crippen LogP contribution >= 0.6 is 0 Å². The summed E-state index contributed by atoms with van der Waals surface area (Å²) in [4.78, 5) is 11.0. The smallest absolute Gasteiger partial charge is 0.315 e. The van der Waals surface area contributed by atoms with E-state index in [2.05, 4.69) is 22.5 Å². The molecule has 96 valence electrons. The molecule has 0 fully saturated rings. The molecule has 4 heteroatoms. The normalized spacial score (nSPS) is 9.00. The predicted octanol–water partition coefficient (Wildman–Crippen LogP) is 1.70. The number of para-hydroxylation sites is 1. The van der Waals surface area contributed by atoms with Crippen molar-refractivity contribution in [1.29, 1.82) is 0 Å². The third-order valence-corrected chi connectivity index (χ3v) is 2.19. The third kappa shape index (κ3) is 5.26. The Labute approximate surface area is 108 Å². The summed E-state index contributed by atoms with van der Waals surface area (Å²) in [6.07, 6.45) is 0. The Balaban J connectivity index is 2.22. The molecular formula is C14H18N2O2. The number of nitrogens with one attached hydrogen (secondary N) is 2. The van der Waals surface area contributed by atoms with E-state index in [1.54, 1.807) is 0 Å². The summed E-state index contributed by atoms with van der Waals surface area (Å²) in [5.41, 5.74) is 1.08. The number of carbonyl (C=O) groups excluding carboxylic acids is 1. The average molecular weight is 246 g/mol. The van der Waals surface area contributed by atoms with E-state index in [1.165, 1.54) is 0 Å². The number of carbonyl (C=O) groups is 1. The van der Waals surface area contributed by atoms with Crippen LogP contribution in [0.25, 0.3) is 0 Å². The molecule has 4 nitrogen and oxygen atoms in total. The summed E-state index contributed by atoms with van der Waals surface area (Å²) in [6, 6.07) is 7.58. The van der Waals surface area contributed by atoms with E-state index in [0.717, 1.165) is 11.3 Å². The van der Waals surface area contributed by atoms with Crippen LogP contribution in [0, 0.1) is 18.8 Å². The average Bonchev–Trinajstić information content (AvgIpc) is 2.36. The number of benzene rings is 1. The Hall–Kier alpha value is -2.15. The van der Waals surface area contributed by atoms with Crippen molar-refractivity contribution in [3.05, 3.63) is 29.8 Å². The summed E-state index contributed by atoms with van der Waals surface area (Å²) in [7, 11) is 0. The highest BCUT2D eigenvalue weighted by molar-refractivity contribution is 5.73. The second-order valence-corrected chi connectivity index (χ2v) is 3.62. The van der Waals surface area contributed by atoms with Crippen LogP contribution in [-0.4, -0.2) is 25.7 Å². The van der Waals surface area contributed by atoms with Gasteiger partial charge in [-0.2, -0.15) is 0 Å². The van der Waals surface area contributed by atoms with E-state index < -0.39 is 0 Å². The van der Waals surface area contributed by atoms with Crippen molar-refractivity contribution in [2.45, 2.75) is 13.8 Å². The van der Waals surface area contributed by atoms with Gasteiger partial charge in [0.2, 0.25) is 0 Å². The summed E-state index contributed by atoms with van der Waals surface area (Å²) in [6.45, 7) is 5.10. The fourth-order valence-electron chi connectivity index (χ4n) is 1.29. The zero-order chi connectivity index (χ0) is 13.2. The molecule has 0 atom stereocenters. The van der Waals surface area contributed by atoms with Crippen molar-refractivity contribution in [3.8, 4) is 17.6 Å². The zero-order valence-electron chi connectivity index (χ0n) is 10.7. The number of hydrogen-bond acceptors (Lipinski definition) is 2. The van der Waals surface area contributed by atoms with Gasteiger partial charge in [0.05, 0.1) is 6.54 Å². The summed E-state index contributed by atoms with van der Waals surface area (Å²) >= 11 is 0. The van der Waals surface area contributed by atoms with E-state index in [0.29, 0.717) is 19.7 Å². The van der Waals surface area contributed by atoms with E-state index >= 15 is 0 Å². The van der Waals surface area contributed by atoms with Crippen LogP contribution in [0.15, 0.2) is 24.3 Å².